The van der Waals surface area contributed by atoms with Crippen LogP contribution in [0.1, 0.15) is 41.4 Å². The third kappa shape index (κ3) is 3.12. The molecule has 6 nitrogen and oxygen atoms in total. The monoisotopic (exact) mass is 326 g/mol. The van der Waals surface area contributed by atoms with Gasteiger partial charge in [0.05, 0.1) is 30.6 Å². The van der Waals surface area contributed by atoms with Crippen LogP contribution in [0.5, 0.6) is 0 Å². The molecule has 2 aliphatic heterocycles. The standard InChI is InChI=1S/C18H22N4O2/c23-17(14-5-2-1-3-6-14)7-4-9-21-10-8-18-16(12-21)22-15(13-24-18)11-19-20-22/h1-3,5-6,11,16,18H,4,7-10,12-13H2/t16-,18+/m0/s1. The Bertz CT molecular complexity index is 700. The van der Waals surface area contributed by atoms with Gasteiger partial charge in [-0.15, -0.1) is 5.10 Å². The summed E-state index contributed by atoms with van der Waals surface area (Å²) in [5.74, 6) is 0.227. The van der Waals surface area contributed by atoms with Crippen molar-refractivity contribution >= 4 is 5.78 Å². The van der Waals surface area contributed by atoms with Crippen molar-refractivity contribution in [3.05, 3.63) is 47.8 Å². The first kappa shape index (κ1) is 15.5. The maximum Gasteiger partial charge on any atom is 0.162 e. The van der Waals surface area contributed by atoms with E-state index in [9.17, 15) is 4.79 Å². The van der Waals surface area contributed by atoms with Crippen LogP contribution in [-0.4, -0.2) is 51.4 Å². The molecule has 0 spiro atoms. The number of hydrogen-bond acceptors (Lipinski definition) is 5. The molecule has 24 heavy (non-hydrogen) atoms. The van der Waals surface area contributed by atoms with Gasteiger partial charge in [0.15, 0.2) is 5.78 Å². The molecule has 0 amide bonds. The predicted molar refractivity (Wildman–Crippen MR) is 88.7 cm³/mol. The van der Waals surface area contributed by atoms with Crippen LogP contribution in [0.4, 0.5) is 0 Å². The third-order valence-corrected chi connectivity index (χ3v) is 4.99. The van der Waals surface area contributed by atoms with Crippen LogP contribution in [-0.2, 0) is 11.3 Å². The number of Topliss-reactive ketones (excluding diaryl/α,β-unsaturated/α-hetero) is 1. The molecule has 4 rings (SSSR count). The van der Waals surface area contributed by atoms with Gasteiger partial charge < -0.3 is 9.64 Å². The average Bonchev–Trinajstić information content (AvgIpc) is 3.11. The highest BCUT2D eigenvalue weighted by molar-refractivity contribution is 5.95. The molecule has 2 aromatic rings. The molecule has 2 aliphatic rings. The highest BCUT2D eigenvalue weighted by atomic mass is 16.5. The van der Waals surface area contributed by atoms with Crippen molar-refractivity contribution in [1.29, 1.82) is 0 Å². The van der Waals surface area contributed by atoms with Crippen LogP contribution >= 0.6 is 0 Å². The van der Waals surface area contributed by atoms with Crippen LogP contribution in [0.25, 0.3) is 0 Å². The summed E-state index contributed by atoms with van der Waals surface area (Å²) in [6.45, 7) is 3.48. The van der Waals surface area contributed by atoms with E-state index in [1.54, 1.807) is 6.20 Å². The summed E-state index contributed by atoms with van der Waals surface area (Å²) in [7, 11) is 0. The smallest absolute Gasteiger partial charge is 0.162 e. The molecule has 2 atom stereocenters. The summed E-state index contributed by atoms with van der Waals surface area (Å²) < 4.78 is 7.96. The van der Waals surface area contributed by atoms with Gasteiger partial charge in [0.25, 0.3) is 0 Å². The van der Waals surface area contributed by atoms with E-state index in [1.165, 1.54) is 0 Å². The number of benzene rings is 1. The number of fused-ring (bicyclic) bond motifs is 3. The fourth-order valence-corrected chi connectivity index (χ4v) is 3.68. The maximum atomic E-state index is 12.2. The molecule has 0 radical (unpaired) electrons. The largest absolute Gasteiger partial charge is 0.370 e. The summed E-state index contributed by atoms with van der Waals surface area (Å²) >= 11 is 0. The third-order valence-electron chi connectivity index (χ3n) is 4.99. The SMILES string of the molecule is O=C(CCCN1CC[C@H]2OCc3cnnn3[C@H]2C1)c1ccccc1. The molecule has 0 unspecified atom stereocenters. The van der Waals surface area contributed by atoms with E-state index in [2.05, 4.69) is 15.2 Å². The van der Waals surface area contributed by atoms with Crippen LogP contribution in [0, 0.1) is 0 Å². The Morgan fingerprint density at radius 3 is 3.04 bits per heavy atom. The Kier molecular flexibility index (Phi) is 4.40. The summed E-state index contributed by atoms with van der Waals surface area (Å²) in [6, 6.07) is 9.78. The lowest BCUT2D eigenvalue weighted by Crippen LogP contribution is -2.48. The molecule has 6 heteroatoms. The van der Waals surface area contributed by atoms with Gasteiger partial charge in [-0.05, 0) is 19.4 Å². The lowest BCUT2D eigenvalue weighted by atomic mass is 9.99. The number of aromatic nitrogens is 3. The summed E-state index contributed by atoms with van der Waals surface area (Å²) in [4.78, 5) is 14.6. The van der Waals surface area contributed by atoms with E-state index in [-0.39, 0.29) is 17.9 Å². The molecule has 1 saturated heterocycles. The van der Waals surface area contributed by atoms with Crippen molar-refractivity contribution in [3.8, 4) is 0 Å². The molecule has 3 heterocycles. The van der Waals surface area contributed by atoms with E-state index in [4.69, 9.17) is 4.74 Å². The Balaban J connectivity index is 1.30. The van der Waals surface area contributed by atoms with Crippen molar-refractivity contribution in [2.45, 2.75) is 38.0 Å². The van der Waals surface area contributed by atoms with E-state index >= 15 is 0 Å². The zero-order chi connectivity index (χ0) is 16.4. The number of hydrogen-bond donors (Lipinski definition) is 0. The van der Waals surface area contributed by atoms with Gasteiger partial charge >= 0.3 is 0 Å². The molecule has 0 N–H and O–H groups in total. The molecule has 0 bridgehead atoms. The normalized spacial score (nSPS) is 23.5. The quantitative estimate of drug-likeness (QED) is 0.788. The molecule has 0 saturated carbocycles. The van der Waals surface area contributed by atoms with Crippen molar-refractivity contribution in [3.63, 3.8) is 0 Å². The lowest BCUT2D eigenvalue weighted by molar-refractivity contribution is -0.0656. The highest BCUT2D eigenvalue weighted by Gasteiger charge is 2.36. The second-order valence-electron chi connectivity index (χ2n) is 6.57. The minimum atomic E-state index is 0.227. The molecular weight excluding hydrogens is 304 g/mol. The van der Waals surface area contributed by atoms with Gasteiger partial charge in [0.1, 0.15) is 0 Å². The number of likely N-dealkylation sites (tertiary alicyclic amines) is 1. The van der Waals surface area contributed by atoms with Crippen LogP contribution in [0.3, 0.4) is 0 Å². The van der Waals surface area contributed by atoms with Gasteiger partial charge in [-0.1, -0.05) is 35.5 Å². The molecule has 1 aromatic carbocycles. The lowest BCUT2D eigenvalue weighted by Gasteiger charge is -2.41. The predicted octanol–water partition coefficient (Wildman–Crippen LogP) is 2.09. The van der Waals surface area contributed by atoms with Crippen molar-refractivity contribution < 1.29 is 9.53 Å². The number of piperidine rings is 1. The van der Waals surface area contributed by atoms with E-state index in [0.717, 1.165) is 43.7 Å². The second-order valence-corrected chi connectivity index (χ2v) is 6.57. The van der Waals surface area contributed by atoms with Gasteiger partial charge in [-0.3, -0.25) is 4.79 Å². The van der Waals surface area contributed by atoms with Crippen LogP contribution < -0.4 is 0 Å². The Hall–Kier alpha value is -2.05. The van der Waals surface area contributed by atoms with Gasteiger partial charge in [-0.25, -0.2) is 4.68 Å². The molecule has 126 valence electrons. The maximum absolute atomic E-state index is 12.2. The topological polar surface area (TPSA) is 60.3 Å². The van der Waals surface area contributed by atoms with Gasteiger partial charge in [0.2, 0.25) is 0 Å². The zero-order valence-electron chi connectivity index (χ0n) is 13.7. The van der Waals surface area contributed by atoms with E-state index in [0.29, 0.717) is 13.0 Å². The summed E-state index contributed by atoms with van der Waals surface area (Å²) in [6.07, 6.45) is 4.52. The summed E-state index contributed by atoms with van der Waals surface area (Å²) in [5, 5.41) is 8.24. The number of nitrogens with zero attached hydrogens (tertiary/aromatic N) is 4. The minimum absolute atomic E-state index is 0.227. The average molecular weight is 326 g/mol. The first-order valence-corrected chi connectivity index (χ1v) is 8.62. The van der Waals surface area contributed by atoms with E-state index < -0.39 is 0 Å². The summed E-state index contributed by atoms with van der Waals surface area (Å²) in [5.41, 5.74) is 1.86. The Morgan fingerprint density at radius 2 is 2.17 bits per heavy atom. The van der Waals surface area contributed by atoms with Crippen LogP contribution in [0.2, 0.25) is 0 Å². The molecule has 1 fully saturated rings. The van der Waals surface area contributed by atoms with Crippen molar-refractivity contribution in [2.75, 3.05) is 19.6 Å². The number of carbonyl (C=O) groups is 1. The minimum Gasteiger partial charge on any atom is -0.370 e. The van der Waals surface area contributed by atoms with E-state index in [1.807, 2.05) is 35.0 Å². The number of ketones is 1. The number of rotatable bonds is 5. The van der Waals surface area contributed by atoms with Gasteiger partial charge in [0, 0.05) is 25.1 Å². The first-order chi connectivity index (χ1) is 11.8. The second kappa shape index (κ2) is 6.83. The highest BCUT2D eigenvalue weighted by Crippen LogP contribution is 2.30. The fourth-order valence-electron chi connectivity index (χ4n) is 3.68. The first-order valence-electron chi connectivity index (χ1n) is 8.62. The van der Waals surface area contributed by atoms with Gasteiger partial charge in [-0.2, -0.15) is 0 Å². The molecule has 1 aromatic heterocycles. The Morgan fingerprint density at radius 1 is 1.29 bits per heavy atom. The van der Waals surface area contributed by atoms with Crippen LogP contribution in [0.15, 0.2) is 36.5 Å². The number of ether oxygens (including phenoxy) is 1. The Labute approximate surface area is 141 Å². The molecule has 0 aliphatic carbocycles. The van der Waals surface area contributed by atoms with Crippen molar-refractivity contribution in [1.82, 2.24) is 19.9 Å². The molecular formula is C18H22N4O2. The number of carbonyl (C=O) groups excluding carboxylic acids is 1. The fraction of sp³-hybridized carbons (Fsp3) is 0.500. The zero-order valence-corrected chi connectivity index (χ0v) is 13.7. The van der Waals surface area contributed by atoms with Crippen molar-refractivity contribution in [2.24, 2.45) is 0 Å².